The van der Waals surface area contributed by atoms with Gasteiger partial charge in [0.05, 0.1) is 0 Å². The predicted molar refractivity (Wildman–Crippen MR) is 79.7 cm³/mol. The molecule has 2 N–H and O–H groups in total. The molecule has 0 spiro atoms. The van der Waals surface area contributed by atoms with E-state index in [-0.39, 0.29) is 6.61 Å². The van der Waals surface area contributed by atoms with Crippen molar-refractivity contribution >= 4 is 5.69 Å². The van der Waals surface area contributed by atoms with E-state index in [0.717, 1.165) is 11.1 Å². The molecule has 3 rings (SSSR count). The molecular weight excluding hydrogens is 266 g/mol. The lowest BCUT2D eigenvalue weighted by Crippen LogP contribution is -1.96. The van der Waals surface area contributed by atoms with Gasteiger partial charge >= 0.3 is 0 Å². The first-order valence-corrected chi connectivity index (χ1v) is 6.59. The summed E-state index contributed by atoms with van der Waals surface area (Å²) < 4.78 is 10.8. The van der Waals surface area contributed by atoms with Crippen LogP contribution in [0.4, 0.5) is 5.69 Å². The highest BCUT2D eigenvalue weighted by Crippen LogP contribution is 2.21. The monoisotopic (exact) mass is 281 g/mol. The maximum atomic E-state index is 5.69. The van der Waals surface area contributed by atoms with E-state index in [0.29, 0.717) is 23.2 Å². The molecule has 0 aliphatic heterocycles. The van der Waals surface area contributed by atoms with E-state index in [2.05, 4.69) is 10.1 Å². The first-order chi connectivity index (χ1) is 10.2. The van der Waals surface area contributed by atoms with E-state index < -0.39 is 0 Å². The molecule has 0 aliphatic rings. The normalized spacial score (nSPS) is 10.5. The minimum atomic E-state index is 0.211. The molecule has 0 unspecified atom stereocenters. The first-order valence-electron chi connectivity index (χ1n) is 6.59. The van der Waals surface area contributed by atoms with E-state index >= 15 is 0 Å². The maximum Gasteiger partial charge on any atom is 0.264 e. The molecule has 1 aromatic heterocycles. The van der Waals surface area contributed by atoms with Gasteiger partial charge in [0.25, 0.3) is 5.89 Å². The van der Waals surface area contributed by atoms with Crippen LogP contribution in [0.15, 0.2) is 53.1 Å². The van der Waals surface area contributed by atoms with Crippen LogP contribution in [-0.2, 0) is 6.61 Å². The molecule has 0 bridgehead atoms. The van der Waals surface area contributed by atoms with E-state index in [4.69, 9.17) is 15.0 Å². The Kier molecular flexibility index (Phi) is 3.55. The number of benzene rings is 2. The van der Waals surface area contributed by atoms with Crippen molar-refractivity contribution in [2.45, 2.75) is 13.5 Å². The number of aryl methyl sites for hydroxylation is 1. The molecule has 5 nitrogen and oxygen atoms in total. The van der Waals surface area contributed by atoms with Crippen LogP contribution in [0.2, 0.25) is 0 Å². The Hall–Kier alpha value is -2.82. The molecule has 3 aromatic rings. The molecule has 0 radical (unpaired) electrons. The zero-order valence-electron chi connectivity index (χ0n) is 11.6. The van der Waals surface area contributed by atoms with Gasteiger partial charge in [0, 0.05) is 17.3 Å². The number of rotatable bonds is 4. The summed E-state index contributed by atoms with van der Waals surface area (Å²) in [5.74, 6) is 1.67. The number of nitrogens with zero attached hydrogens (tertiary/aromatic N) is 2. The highest BCUT2D eigenvalue weighted by molar-refractivity contribution is 5.58. The summed E-state index contributed by atoms with van der Waals surface area (Å²) in [4.78, 5) is 4.34. The number of nitrogen functional groups attached to an aromatic ring is 1. The number of nitrogens with two attached hydrogens (primary N) is 1. The molecule has 0 amide bonds. The SMILES string of the molecule is Cc1ccccc1-c1noc(COc2cccc(N)c2)n1. The standard InChI is InChI=1S/C16H15N3O2/c1-11-5-2-3-8-14(11)16-18-15(21-19-16)10-20-13-7-4-6-12(17)9-13/h2-9H,10,17H2,1H3. The smallest absolute Gasteiger partial charge is 0.264 e. The molecule has 0 aliphatic carbocycles. The number of ether oxygens (including phenoxy) is 1. The summed E-state index contributed by atoms with van der Waals surface area (Å²) in [7, 11) is 0. The molecule has 1 heterocycles. The highest BCUT2D eigenvalue weighted by Gasteiger charge is 2.10. The molecule has 0 saturated heterocycles. The molecular formula is C16H15N3O2. The van der Waals surface area contributed by atoms with Crippen molar-refractivity contribution in [1.29, 1.82) is 0 Å². The number of hydrogen-bond donors (Lipinski definition) is 1. The van der Waals surface area contributed by atoms with Gasteiger partial charge in [-0.2, -0.15) is 4.98 Å². The van der Waals surface area contributed by atoms with Gasteiger partial charge in [-0.3, -0.25) is 0 Å². The highest BCUT2D eigenvalue weighted by atomic mass is 16.5. The van der Waals surface area contributed by atoms with E-state index in [1.54, 1.807) is 12.1 Å². The van der Waals surface area contributed by atoms with Crippen LogP contribution >= 0.6 is 0 Å². The first kappa shape index (κ1) is 13.2. The Morgan fingerprint density at radius 2 is 2.00 bits per heavy atom. The van der Waals surface area contributed by atoms with Crippen LogP contribution in [0, 0.1) is 6.92 Å². The summed E-state index contributed by atoms with van der Waals surface area (Å²) in [5.41, 5.74) is 8.40. The van der Waals surface area contributed by atoms with Gasteiger partial charge < -0.3 is 15.0 Å². The lowest BCUT2D eigenvalue weighted by Gasteiger charge is -2.03. The quantitative estimate of drug-likeness (QED) is 0.743. The second-order valence-electron chi connectivity index (χ2n) is 4.69. The molecule has 2 aromatic carbocycles. The fourth-order valence-corrected chi connectivity index (χ4v) is 2.00. The topological polar surface area (TPSA) is 74.2 Å². The van der Waals surface area contributed by atoms with Crippen LogP contribution in [0.1, 0.15) is 11.5 Å². The molecule has 5 heteroatoms. The van der Waals surface area contributed by atoms with Crippen molar-refractivity contribution in [3.8, 4) is 17.1 Å². The zero-order valence-corrected chi connectivity index (χ0v) is 11.6. The summed E-state index contributed by atoms with van der Waals surface area (Å²) in [6.07, 6.45) is 0. The van der Waals surface area contributed by atoms with Crippen molar-refractivity contribution in [3.63, 3.8) is 0 Å². The van der Waals surface area contributed by atoms with Crippen molar-refractivity contribution in [2.75, 3.05) is 5.73 Å². The number of aromatic nitrogens is 2. The summed E-state index contributed by atoms with van der Waals surface area (Å²) in [6.45, 7) is 2.22. The predicted octanol–water partition coefficient (Wildman–Crippen LogP) is 3.21. The summed E-state index contributed by atoms with van der Waals surface area (Å²) >= 11 is 0. The van der Waals surface area contributed by atoms with Crippen LogP contribution in [-0.4, -0.2) is 10.1 Å². The van der Waals surface area contributed by atoms with Gasteiger partial charge in [-0.05, 0) is 24.6 Å². The van der Waals surface area contributed by atoms with Gasteiger partial charge in [0.1, 0.15) is 5.75 Å². The average molecular weight is 281 g/mol. The second-order valence-corrected chi connectivity index (χ2v) is 4.69. The second kappa shape index (κ2) is 5.66. The van der Waals surface area contributed by atoms with Gasteiger partial charge in [0.15, 0.2) is 6.61 Å². The van der Waals surface area contributed by atoms with Gasteiger partial charge in [-0.1, -0.05) is 35.5 Å². The zero-order chi connectivity index (χ0) is 14.7. The Balaban J connectivity index is 1.72. The minimum absolute atomic E-state index is 0.211. The Bertz CT molecular complexity index is 753. The van der Waals surface area contributed by atoms with Crippen LogP contribution in [0.25, 0.3) is 11.4 Å². The van der Waals surface area contributed by atoms with Crippen LogP contribution in [0.5, 0.6) is 5.75 Å². The van der Waals surface area contributed by atoms with Crippen molar-refractivity contribution in [1.82, 2.24) is 10.1 Å². The van der Waals surface area contributed by atoms with Gasteiger partial charge in [-0.15, -0.1) is 0 Å². The van der Waals surface area contributed by atoms with Gasteiger partial charge in [-0.25, -0.2) is 0 Å². The Labute approximate surface area is 122 Å². The van der Waals surface area contributed by atoms with Crippen LogP contribution < -0.4 is 10.5 Å². The Morgan fingerprint density at radius 1 is 1.14 bits per heavy atom. The summed E-state index contributed by atoms with van der Waals surface area (Å²) in [5, 5.41) is 3.99. The van der Waals surface area contributed by atoms with E-state index in [1.807, 2.05) is 43.3 Å². The number of anilines is 1. The molecule has 0 atom stereocenters. The van der Waals surface area contributed by atoms with Crippen molar-refractivity contribution < 1.29 is 9.26 Å². The minimum Gasteiger partial charge on any atom is -0.484 e. The maximum absolute atomic E-state index is 5.69. The van der Waals surface area contributed by atoms with Crippen molar-refractivity contribution in [2.24, 2.45) is 0 Å². The largest absolute Gasteiger partial charge is 0.484 e. The lowest BCUT2D eigenvalue weighted by atomic mass is 10.1. The average Bonchev–Trinajstić information content (AvgIpc) is 2.94. The summed E-state index contributed by atoms with van der Waals surface area (Å²) in [6, 6.07) is 15.1. The van der Waals surface area contributed by atoms with Crippen LogP contribution in [0.3, 0.4) is 0 Å². The fraction of sp³-hybridized carbons (Fsp3) is 0.125. The third-order valence-corrected chi connectivity index (χ3v) is 3.07. The van der Waals surface area contributed by atoms with E-state index in [1.165, 1.54) is 0 Å². The fourth-order valence-electron chi connectivity index (χ4n) is 2.00. The molecule has 0 fully saturated rings. The lowest BCUT2D eigenvalue weighted by molar-refractivity contribution is 0.243. The van der Waals surface area contributed by atoms with E-state index in [9.17, 15) is 0 Å². The molecule has 106 valence electrons. The Morgan fingerprint density at radius 3 is 2.81 bits per heavy atom. The van der Waals surface area contributed by atoms with Gasteiger partial charge in [0.2, 0.25) is 5.82 Å². The third kappa shape index (κ3) is 3.02. The third-order valence-electron chi connectivity index (χ3n) is 3.07. The molecule has 21 heavy (non-hydrogen) atoms. The van der Waals surface area contributed by atoms with Crippen molar-refractivity contribution in [3.05, 3.63) is 60.0 Å². The molecule has 0 saturated carbocycles. The number of hydrogen-bond acceptors (Lipinski definition) is 5.